The van der Waals surface area contributed by atoms with Gasteiger partial charge in [0.1, 0.15) is 18.0 Å². The van der Waals surface area contributed by atoms with Crippen molar-refractivity contribution in [3.63, 3.8) is 0 Å². The van der Waals surface area contributed by atoms with E-state index in [0.717, 1.165) is 70.0 Å². The first-order valence-corrected chi connectivity index (χ1v) is 20.1. The van der Waals surface area contributed by atoms with Gasteiger partial charge in [-0.2, -0.15) is 30.4 Å². The van der Waals surface area contributed by atoms with E-state index in [0.29, 0.717) is 42.3 Å². The predicted octanol–water partition coefficient (Wildman–Crippen LogP) is 8.24. The number of ether oxygens (including phenoxy) is 2. The van der Waals surface area contributed by atoms with Gasteiger partial charge in [-0.1, -0.05) is 51.5 Å². The Kier molecular flexibility index (Phi) is 12.2. The summed E-state index contributed by atoms with van der Waals surface area (Å²) in [5, 5.41) is 0. The molecular weight excluding hydrogens is 679 g/mol. The third kappa shape index (κ3) is 8.57. The van der Waals surface area contributed by atoms with Gasteiger partial charge in [-0.25, -0.2) is 8.37 Å². The van der Waals surface area contributed by atoms with Gasteiger partial charge in [0, 0.05) is 41.3 Å². The predicted molar refractivity (Wildman–Crippen MR) is 172 cm³/mol. The minimum Gasteiger partial charge on any atom is -0.468 e. The Morgan fingerprint density at radius 1 is 0.979 bits per heavy atom. The second kappa shape index (κ2) is 15.5. The third-order valence-electron chi connectivity index (χ3n) is 11.3. The molecule has 3 aliphatic carbocycles. The average Bonchev–Trinajstić information content (AvgIpc) is 3.47. The van der Waals surface area contributed by atoms with Crippen molar-refractivity contribution in [3.8, 4) is 5.75 Å². The van der Waals surface area contributed by atoms with Crippen molar-refractivity contribution in [1.29, 1.82) is 0 Å². The largest absolute Gasteiger partial charge is 0.468 e. The van der Waals surface area contributed by atoms with Crippen LogP contribution in [0.5, 0.6) is 5.75 Å². The van der Waals surface area contributed by atoms with E-state index in [-0.39, 0.29) is 18.0 Å². The van der Waals surface area contributed by atoms with Crippen molar-refractivity contribution in [1.82, 2.24) is 0 Å². The maximum atomic E-state index is 13.0. The lowest BCUT2D eigenvalue weighted by Gasteiger charge is -2.53. The molecule has 0 N–H and O–H groups in total. The lowest BCUT2D eigenvalue weighted by atomic mass is 9.52. The number of benzene rings is 1. The van der Waals surface area contributed by atoms with E-state index in [1.807, 2.05) is 6.07 Å². The molecule has 4 aliphatic rings. The van der Waals surface area contributed by atoms with Gasteiger partial charge in [0.05, 0.1) is 0 Å². The van der Waals surface area contributed by atoms with Crippen molar-refractivity contribution in [3.05, 3.63) is 29.3 Å². The molecule has 14 heteroatoms. The third-order valence-corrected chi connectivity index (χ3v) is 13.7. The van der Waals surface area contributed by atoms with Gasteiger partial charge in [-0.15, -0.1) is 0 Å². The van der Waals surface area contributed by atoms with E-state index in [4.69, 9.17) is 17.8 Å². The molecule has 0 radical (unpaired) electrons. The van der Waals surface area contributed by atoms with E-state index in [2.05, 4.69) is 19.1 Å². The Balaban J connectivity index is 1.09. The minimum absolute atomic E-state index is 0.138. The highest BCUT2D eigenvalue weighted by Gasteiger charge is 2.65. The zero-order valence-electron chi connectivity index (χ0n) is 27.8. The van der Waals surface area contributed by atoms with Crippen LogP contribution in [0, 0.1) is 23.2 Å². The lowest BCUT2D eigenvalue weighted by molar-refractivity contribution is -0.284. The van der Waals surface area contributed by atoms with Crippen LogP contribution >= 0.6 is 0 Å². The van der Waals surface area contributed by atoms with Gasteiger partial charge >= 0.3 is 22.5 Å². The lowest BCUT2D eigenvalue weighted by Crippen LogP contribution is -2.47. The minimum atomic E-state index is -5.56. The van der Waals surface area contributed by atoms with Gasteiger partial charge in [0.25, 0.3) is 0 Å². The van der Waals surface area contributed by atoms with Crippen LogP contribution in [0.15, 0.2) is 18.2 Å². The zero-order chi connectivity index (χ0) is 34.7. The van der Waals surface area contributed by atoms with E-state index in [1.54, 1.807) is 7.11 Å². The average molecular weight is 729 g/mol. The van der Waals surface area contributed by atoms with Gasteiger partial charge < -0.3 is 9.47 Å². The topological polar surface area (TPSA) is 88.1 Å². The number of unbranched alkanes of at least 4 members (excludes halogenated alkanes) is 6. The molecule has 48 heavy (non-hydrogen) atoms. The molecule has 1 saturated heterocycles. The summed E-state index contributed by atoms with van der Waals surface area (Å²) in [6, 6.07) is 6.37. The first kappa shape index (κ1) is 37.9. The van der Waals surface area contributed by atoms with E-state index < -0.39 is 58.3 Å². The molecule has 7 nitrogen and oxygen atoms in total. The fourth-order valence-electron chi connectivity index (χ4n) is 9.03. The fraction of sp³-hybridized carbons (Fsp3) is 0.824. The van der Waals surface area contributed by atoms with E-state index >= 15 is 0 Å². The molecule has 5 rings (SSSR count). The van der Waals surface area contributed by atoms with Crippen molar-refractivity contribution in [2.75, 3.05) is 25.4 Å². The van der Waals surface area contributed by atoms with Crippen LogP contribution in [0.25, 0.3) is 0 Å². The number of methoxy groups -OCH3 is 1. The summed E-state index contributed by atoms with van der Waals surface area (Å²) in [7, 11) is -3.74. The van der Waals surface area contributed by atoms with Crippen LogP contribution in [0.2, 0.25) is 0 Å². The molecule has 1 aliphatic heterocycles. The van der Waals surface area contributed by atoms with Crippen molar-refractivity contribution < 1.29 is 52.4 Å². The number of hydrogen-bond acceptors (Lipinski definition) is 7. The highest BCUT2D eigenvalue weighted by molar-refractivity contribution is 7.84. The summed E-state index contributed by atoms with van der Waals surface area (Å²) in [5.41, 5.74) is 2.43. The van der Waals surface area contributed by atoms with E-state index in [9.17, 15) is 34.6 Å². The van der Waals surface area contributed by atoms with Gasteiger partial charge in [-0.3, -0.25) is 4.21 Å². The highest BCUT2D eigenvalue weighted by Crippen LogP contribution is 2.65. The first-order valence-electron chi connectivity index (χ1n) is 17.3. The Hall–Kier alpha value is -1.35. The second-order valence-corrected chi connectivity index (χ2v) is 17.3. The van der Waals surface area contributed by atoms with Crippen molar-refractivity contribution in [2.45, 2.75) is 127 Å². The molecule has 274 valence electrons. The smallest absolute Gasteiger partial charge is 0.453 e. The van der Waals surface area contributed by atoms with Gasteiger partial charge in [0.2, 0.25) is 0 Å². The normalized spacial score (nSPS) is 31.5. The Bertz CT molecular complexity index is 1370. The summed E-state index contributed by atoms with van der Waals surface area (Å²) in [6.45, 7) is 2.38. The van der Waals surface area contributed by atoms with Crippen LogP contribution in [-0.4, -0.2) is 62.3 Å². The molecule has 0 bridgehead atoms. The van der Waals surface area contributed by atoms with Crippen LogP contribution in [0.4, 0.5) is 22.0 Å². The standard InChI is InChI=1S/C34H49F5O7S2/c1-32-16-14-27-26-13-12-25(44-22-43-2)20-24(26)19-23(30(27)28(32)21-29-31(32)46-48(41,42)45-29)11-8-6-4-3-5-7-9-17-47(40)18-10-15-33(35,36)34(37,38)39/h12-13,20,23,27-31H,3-11,14-19,21-22H2,1-2H3/t23-,27-,28+,29+,30-,31+,32+,47?/m1/s1. The molecule has 2 saturated carbocycles. The number of hydrogen-bond donors (Lipinski definition) is 0. The number of rotatable bonds is 17. The molecule has 1 aromatic carbocycles. The Morgan fingerprint density at radius 2 is 1.67 bits per heavy atom. The maximum absolute atomic E-state index is 13.0. The molecule has 1 aromatic rings. The fourth-order valence-corrected chi connectivity index (χ4v) is 11.3. The molecule has 1 unspecified atom stereocenters. The first-order chi connectivity index (χ1) is 22.6. The second-order valence-electron chi connectivity index (χ2n) is 14.4. The zero-order valence-corrected chi connectivity index (χ0v) is 29.4. The van der Waals surface area contributed by atoms with Crippen LogP contribution in [-0.2, 0) is 40.7 Å². The SMILES string of the molecule is COCOc1ccc2c(c1)C[C@@H](CCCCCCCCCS(=O)CCCC(F)(F)C(F)(F)F)[C@@H]1[C@@H]2CC[C@@]2(C)[C@H]1C[C@@H]1OS(=O)(=O)O[C@@H]12. The molecule has 1 heterocycles. The molecular formula is C34H49F5O7S2. The van der Waals surface area contributed by atoms with Gasteiger partial charge in [0.15, 0.2) is 6.79 Å². The van der Waals surface area contributed by atoms with Crippen LogP contribution in [0.1, 0.15) is 107 Å². The number of fused-ring (bicyclic) bond motifs is 7. The summed E-state index contributed by atoms with van der Waals surface area (Å²) in [5.74, 6) is -2.22. The summed E-state index contributed by atoms with van der Waals surface area (Å²) in [6.07, 6.45) is 3.10. The molecule has 0 spiro atoms. The van der Waals surface area contributed by atoms with Gasteiger partial charge in [-0.05, 0) is 91.9 Å². The highest BCUT2D eigenvalue weighted by atomic mass is 32.3. The maximum Gasteiger partial charge on any atom is 0.453 e. The molecule has 8 atom stereocenters. The van der Waals surface area contributed by atoms with Crippen LogP contribution in [0.3, 0.4) is 0 Å². The summed E-state index contributed by atoms with van der Waals surface area (Å²) < 4.78 is 121. The number of alkyl halides is 5. The monoisotopic (exact) mass is 728 g/mol. The quantitative estimate of drug-likeness (QED) is 0.0908. The number of halogens is 5. The summed E-state index contributed by atoms with van der Waals surface area (Å²) in [4.78, 5) is 0. The van der Waals surface area contributed by atoms with E-state index in [1.165, 1.54) is 11.1 Å². The molecule has 0 aromatic heterocycles. The van der Waals surface area contributed by atoms with Crippen molar-refractivity contribution in [2.24, 2.45) is 23.2 Å². The van der Waals surface area contributed by atoms with Crippen LogP contribution < -0.4 is 4.74 Å². The Morgan fingerprint density at radius 3 is 2.38 bits per heavy atom. The Labute approximate surface area is 283 Å². The molecule has 3 fully saturated rings. The van der Waals surface area contributed by atoms with Crippen molar-refractivity contribution >= 4 is 21.2 Å². The summed E-state index contributed by atoms with van der Waals surface area (Å²) >= 11 is 0. The molecule has 0 amide bonds.